The van der Waals surface area contributed by atoms with E-state index in [1.807, 2.05) is 5.51 Å². The van der Waals surface area contributed by atoms with Crippen molar-refractivity contribution in [2.45, 2.75) is 52.6 Å². The highest BCUT2D eigenvalue weighted by atomic mass is 32.1. The molecule has 0 aliphatic heterocycles. The smallest absolute Gasteiger partial charge is 0.0798 e. The molecule has 0 bridgehead atoms. The maximum Gasteiger partial charge on any atom is 0.0798 e. The largest absolute Gasteiger partial charge is 0.309 e. The number of aryl methyl sites for hydroxylation is 1. The van der Waals surface area contributed by atoms with Gasteiger partial charge >= 0.3 is 0 Å². The molecule has 16 heavy (non-hydrogen) atoms. The molecule has 0 radical (unpaired) electrons. The molecule has 1 saturated carbocycles. The predicted molar refractivity (Wildman–Crippen MR) is 69.7 cm³/mol. The SMILES string of the molecule is CCC1CCC(NCc2scnc2C)C1C. The van der Waals surface area contributed by atoms with Crippen molar-refractivity contribution in [1.29, 1.82) is 0 Å². The molecule has 0 amide bonds. The third-order valence-electron chi connectivity index (χ3n) is 4.12. The number of hydrogen-bond acceptors (Lipinski definition) is 3. The first kappa shape index (κ1) is 12.1. The Hall–Kier alpha value is -0.410. The van der Waals surface area contributed by atoms with Gasteiger partial charge in [0.1, 0.15) is 0 Å². The summed E-state index contributed by atoms with van der Waals surface area (Å²) in [4.78, 5) is 5.69. The molecular formula is C13H22N2S. The number of aromatic nitrogens is 1. The Kier molecular flexibility index (Phi) is 3.98. The van der Waals surface area contributed by atoms with Crippen LogP contribution in [0.1, 0.15) is 43.7 Å². The van der Waals surface area contributed by atoms with E-state index < -0.39 is 0 Å². The zero-order chi connectivity index (χ0) is 11.5. The van der Waals surface area contributed by atoms with Gasteiger partial charge in [-0.1, -0.05) is 20.3 Å². The second-order valence-electron chi connectivity index (χ2n) is 4.95. The molecule has 1 N–H and O–H groups in total. The van der Waals surface area contributed by atoms with Crippen LogP contribution in [0.3, 0.4) is 0 Å². The van der Waals surface area contributed by atoms with Crippen molar-refractivity contribution < 1.29 is 0 Å². The van der Waals surface area contributed by atoms with Crippen molar-refractivity contribution in [3.8, 4) is 0 Å². The normalized spacial score (nSPS) is 29.8. The lowest BCUT2D eigenvalue weighted by Crippen LogP contribution is -2.32. The molecule has 90 valence electrons. The van der Waals surface area contributed by atoms with Gasteiger partial charge in [0.05, 0.1) is 11.2 Å². The minimum Gasteiger partial charge on any atom is -0.309 e. The number of nitrogens with zero attached hydrogens (tertiary/aromatic N) is 1. The minimum absolute atomic E-state index is 0.714. The topological polar surface area (TPSA) is 24.9 Å². The first-order valence-corrected chi connectivity index (χ1v) is 7.22. The number of nitrogens with one attached hydrogen (secondary N) is 1. The molecule has 1 fully saturated rings. The van der Waals surface area contributed by atoms with Crippen molar-refractivity contribution in [2.24, 2.45) is 11.8 Å². The van der Waals surface area contributed by atoms with Crippen molar-refractivity contribution in [3.05, 3.63) is 16.1 Å². The molecule has 0 aromatic carbocycles. The minimum atomic E-state index is 0.714. The van der Waals surface area contributed by atoms with Gasteiger partial charge in [0.15, 0.2) is 0 Å². The molecule has 3 unspecified atom stereocenters. The van der Waals surface area contributed by atoms with E-state index in [2.05, 4.69) is 31.1 Å². The zero-order valence-corrected chi connectivity index (χ0v) is 11.3. The highest BCUT2D eigenvalue weighted by Crippen LogP contribution is 2.34. The summed E-state index contributed by atoms with van der Waals surface area (Å²) in [6.07, 6.45) is 4.08. The van der Waals surface area contributed by atoms with Crippen molar-refractivity contribution in [3.63, 3.8) is 0 Å². The Labute approximate surface area is 102 Å². The van der Waals surface area contributed by atoms with E-state index in [-0.39, 0.29) is 0 Å². The first-order valence-electron chi connectivity index (χ1n) is 6.34. The Balaban J connectivity index is 1.85. The van der Waals surface area contributed by atoms with Crippen LogP contribution in [0.5, 0.6) is 0 Å². The van der Waals surface area contributed by atoms with Crippen LogP contribution < -0.4 is 5.32 Å². The fraction of sp³-hybridized carbons (Fsp3) is 0.769. The lowest BCUT2D eigenvalue weighted by molar-refractivity contribution is 0.345. The Bertz CT molecular complexity index is 334. The summed E-state index contributed by atoms with van der Waals surface area (Å²) < 4.78 is 0. The lowest BCUT2D eigenvalue weighted by Gasteiger charge is -2.20. The maximum absolute atomic E-state index is 4.29. The molecule has 0 saturated heterocycles. The van der Waals surface area contributed by atoms with E-state index in [1.165, 1.54) is 29.8 Å². The van der Waals surface area contributed by atoms with E-state index >= 15 is 0 Å². The average molecular weight is 238 g/mol. The molecule has 1 aromatic rings. The number of thiazole rings is 1. The molecule has 2 rings (SSSR count). The van der Waals surface area contributed by atoms with Crippen LogP contribution >= 0.6 is 11.3 Å². The summed E-state index contributed by atoms with van der Waals surface area (Å²) in [6.45, 7) is 7.82. The van der Waals surface area contributed by atoms with Crippen LogP contribution in [0, 0.1) is 18.8 Å². The Morgan fingerprint density at radius 3 is 2.88 bits per heavy atom. The molecule has 1 aliphatic rings. The third kappa shape index (κ3) is 2.46. The fourth-order valence-corrected chi connectivity index (χ4v) is 3.56. The Morgan fingerprint density at radius 2 is 2.31 bits per heavy atom. The summed E-state index contributed by atoms with van der Waals surface area (Å²) in [5.74, 6) is 1.76. The maximum atomic E-state index is 4.29. The van der Waals surface area contributed by atoms with E-state index in [0.29, 0.717) is 6.04 Å². The zero-order valence-electron chi connectivity index (χ0n) is 10.5. The van der Waals surface area contributed by atoms with Gasteiger partial charge in [0.2, 0.25) is 0 Å². The van der Waals surface area contributed by atoms with E-state index in [0.717, 1.165) is 18.4 Å². The number of rotatable bonds is 4. The lowest BCUT2D eigenvalue weighted by atomic mass is 9.93. The molecule has 3 heteroatoms. The summed E-state index contributed by atoms with van der Waals surface area (Å²) in [5.41, 5.74) is 3.13. The van der Waals surface area contributed by atoms with Gasteiger partial charge in [-0.3, -0.25) is 0 Å². The van der Waals surface area contributed by atoms with Crippen LogP contribution in [0.25, 0.3) is 0 Å². The molecular weight excluding hydrogens is 216 g/mol. The van der Waals surface area contributed by atoms with Crippen LogP contribution in [0.4, 0.5) is 0 Å². The quantitative estimate of drug-likeness (QED) is 0.870. The van der Waals surface area contributed by atoms with Crippen LogP contribution in [0.15, 0.2) is 5.51 Å². The molecule has 1 heterocycles. The summed E-state index contributed by atoms with van der Waals surface area (Å²) in [5, 5.41) is 3.71. The van der Waals surface area contributed by atoms with Crippen LogP contribution in [-0.2, 0) is 6.54 Å². The van der Waals surface area contributed by atoms with Gasteiger partial charge in [-0.25, -0.2) is 4.98 Å². The highest BCUT2D eigenvalue weighted by Gasteiger charge is 2.30. The second-order valence-corrected chi connectivity index (χ2v) is 5.89. The number of hydrogen-bond donors (Lipinski definition) is 1. The standard InChI is InChI=1S/C13H22N2S/c1-4-11-5-6-12(9(11)2)14-7-13-10(3)15-8-16-13/h8-9,11-12,14H,4-7H2,1-3H3. The van der Waals surface area contributed by atoms with E-state index in [1.54, 1.807) is 11.3 Å². The second kappa shape index (κ2) is 5.28. The van der Waals surface area contributed by atoms with E-state index in [4.69, 9.17) is 0 Å². The van der Waals surface area contributed by atoms with Gasteiger partial charge in [-0.05, 0) is 31.6 Å². The van der Waals surface area contributed by atoms with Crippen LogP contribution in [0.2, 0.25) is 0 Å². The van der Waals surface area contributed by atoms with Gasteiger partial charge in [0.25, 0.3) is 0 Å². The monoisotopic (exact) mass is 238 g/mol. The molecule has 2 nitrogen and oxygen atoms in total. The van der Waals surface area contributed by atoms with Gasteiger partial charge in [-0.2, -0.15) is 0 Å². The van der Waals surface area contributed by atoms with Gasteiger partial charge in [-0.15, -0.1) is 11.3 Å². The van der Waals surface area contributed by atoms with Crippen molar-refractivity contribution in [2.75, 3.05) is 0 Å². The first-order chi connectivity index (χ1) is 7.72. The average Bonchev–Trinajstić information content (AvgIpc) is 2.83. The van der Waals surface area contributed by atoms with Crippen molar-refractivity contribution >= 4 is 11.3 Å². The van der Waals surface area contributed by atoms with Gasteiger partial charge in [0, 0.05) is 17.5 Å². The fourth-order valence-electron chi connectivity index (χ4n) is 2.83. The van der Waals surface area contributed by atoms with Gasteiger partial charge < -0.3 is 5.32 Å². The molecule has 1 aromatic heterocycles. The summed E-state index contributed by atoms with van der Waals surface area (Å²) in [6, 6.07) is 0.714. The molecule has 1 aliphatic carbocycles. The highest BCUT2D eigenvalue weighted by molar-refractivity contribution is 7.09. The molecule has 0 spiro atoms. The molecule has 3 atom stereocenters. The third-order valence-corrected chi connectivity index (χ3v) is 5.06. The van der Waals surface area contributed by atoms with E-state index in [9.17, 15) is 0 Å². The van der Waals surface area contributed by atoms with Crippen LogP contribution in [-0.4, -0.2) is 11.0 Å². The Morgan fingerprint density at radius 1 is 1.50 bits per heavy atom. The van der Waals surface area contributed by atoms with Crippen molar-refractivity contribution in [1.82, 2.24) is 10.3 Å². The summed E-state index contributed by atoms with van der Waals surface area (Å²) in [7, 11) is 0. The summed E-state index contributed by atoms with van der Waals surface area (Å²) >= 11 is 1.77. The predicted octanol–water partition coefficient (Wildman–Crippen LogP) is 3.37.